The van der Waals surface area contributed by atoms with Gasteiger partial charge in [0, 0.05) is 12.5 Å². The van der Waals surface area contributed by atoms with Crippen molar-refractivity contribution in [1.29, 1.82) is 0 Å². The van der Waals surface area contributed by atoms with E-state index in [0.717, 1.165) is 17.5 Å². The van der Waals surface area contributed by atoms with Crippen molar-refractivity contribution in [2.24, 2.45) is 0 Å². The highest BCUT2D eigenvalue weighted by molar-refractivity contribution is 7.85. The third-order valence-corrected chi connectivity index (χ3v) is 3.77. The van der Waals surface area contributed by atoms with Crippen molar-refractivity contribution in [3.05, 3.63) is 29.3 Å². The minimum Gasteiger partial charge on any atom is -0.381 e. The highest BCUT2D eigenvalue weighted by Gasteiger charge is 2.21. The van der Waals surface area contributed by atoms with E-state index in [0.29, 0.717) is 13.2 Å². The monoisotopic (exact) mass is 242 g/mol. The Morgan fingerprint density at radius 1 is 1.44 bits per heavy atom. The summed E-state index contributed by atoms with van der Waals surface area (Å²) in [6, 6.07) is 4.69. The quantitative estimate of drug-likeness (QED) is 0.802. The normalized spacial score (nSPS) is 21.2. The molecule has 1 aliphatic heterocycles. The minimum absolute atomic E-state index is 0.0417. The Bertz CT molecular complexity index is 487. The van der Waals surface area contributed by atoms with Crippen LogP contribution in [0.25, 0.3) is 0 Å². The van der Waals surface area contributed by atoms with Crippen LogP contribution in [-0.2, 0) is 14.9 Å². The standard InChI is InChI=1S/C11H14O4S/c1-8-2-3-10(16(12,13)14)6-11(8)9-4-5-15-7-9/h2-3,6,9H,4-5,7H2,1H3,(H,12,13,14)/t9-/m1/s1. The fraction of sp³-hybridized carbons (Fsp3) is 0.455. The molecule has 1 atom stereocenters. The zero-order valence-electron chi connectivity index (χ0n) is 9.01. The van der Waals surface area contributed by atoms with Crippen LogP contribution in [0.5, 0.6) is 0 Å². The summed E-state index contributed by atoms with van der Waals surface area (Å²) in [6.07, 6.45) is 0.899. The number of rotatable bonds is 2. The van der Waals surface area contributed by atoms with Crippen LogP contribution < -0.4 is 0 Å². The van der Waals surface area contributed by atoms with E-state index in [4.69, 9.17) is 9.29 Å². The van der Waals surface area contributed by atoms with Crippen LogP contribution in [0.3, 0.4) is 0 Å². The van der Waals surface area contributed by atoms with E-state index in [1.165, 1.54) is 6.07 Å². The van der Waals surface area contributed by atoms with Gasteiger partial charge in [0.2, 0.25) is 0 Å². The molecule has 0 aromatic heterocycles. The lowest BCUT2D eigenvalue weighted by molar-refractivity contribution is 0.194. The van der Waals surface area contributed by atoms with Crippen molar-refractivity contribution in [1.82, 2.24) is 0 Å². The smallest absolute Gasteiger partial charge is 0.294 e. The van der Waals surface area contributed by atoms with Crippen LogP contribution in [0.2, 0.25) is 0 Å². The molecule has 1 aliphatic rings. The molecule has 1 N–H and O–H groups in total. The molecule has 1 aromatic carbocycles. The van der Waals surface area contributed by atoms with Crippen molar-refractivity contribution >= 4 is 10.1 Å². The number of benzene rings is 1. The molecule has 0 saturated carbocycles. The molecule has 1 aromatic rings. The first-order chi connectivity index (χ1) is 7.48. The van der Waals surface area contributed by atoms with Gasteiger partial charge >= 0.3 is 0 Å². The maximum atomic E-state index is 11.0. The lowest BCUT2D eigenvalue weighted by Crippen LogP contribution is -2.04. The molecule has 1 heterocycles. The first kappa shape index (κ1) is 11.6. The highest BCUT2D eigenvalue weighted by atomic mass is 32.2. The second kappa shape index (κ2) is 4.16. The first-order valence-corrected chi connectivity index (χ1v) is 6.58. The van der Waals surface area contributed by atoms with E-state index in [1.54, 1.807) is 12.1 Å². The van der Waals surface area contributed by atoms with E-state index >= 15 is 0 Å². The SMILES string of the molecule is Cc1ccc(S(=O)(=O)O)cc1[C@@H]1CCOC1. The number of aryl methyl sites for hydroxylation is 1. The molecular formula is C11H14O4S. The molecule has 88 valence electrons. The molecule has 1 fully saturated rings. The average Bonchev–Trinajstić information content (AvgIpc) is 2.69. The van der Waals surface area contributed by atoms with Gasteiger partial charge < -0.3 is 4.74 Å². The van der Waals surface area contributed by atoms with Crippen LogP contribution in [0.1, 0.15) is 23.5 Å². The summed E-state index contributed by atoms with van der Waals surface area (Å²) in [5.74, 6) is 0.238. The zero-order chi connectivity index (χ0) is 11.8. The first-order valence-electron chi connectivity index (χ1n) is 5.14. The van der Waals surface area contributed by atoms with Gasteiger partial charge in [-0.2, -0.15) is 8.42 Å². The lowest BCUT2D eigenvalue weighted by atomic mass is 9.94. The van der Waals surface area contributed by atoms with Crippen molar-refractivity contribution in [3.63, 3.8) is 0 Å². The highest BCUT2D eigenvalue weighted by Crippen LogP contribution is 2.29. The molecule has 4 nitrogen and oxygen atoms in total. The van der Waals surface area contributed by atoms with Gasteiger partial charge in [0.15, 0.2) is 0 Å². The molecule has 0 amide bonds. The number of hydrogen-bond acceptors (Lipinski definition) is 3. The Kier molecular flexibility index (Phi) is 3.01. The van der Waals surface area contributed by atoms with Crippen LogP contribution in [0.15, 0.2) is 23.1 Å². The predicted molar refractivity (Wildman–Crippen MR) is 59.2 cm³/mol. The van der Waals surface area contributed by atoms with Crippen molar-refractivity contribution in [2.45, 2.75) is 24.2 Å². The Morgan fingerprint density at radius 2 is 2.19 bits per heavy atom. The van der Waals surface area contributed by atoms with Gasteiger partial charge in [-0.25, -0.2) is 0 Å². The van der Waals surface area contributed by atoms with Crippen LogP contribution >= 0.6 is 0 Å². The zero-order valence-corrected chi connectivity index (χ0v) is 9.83. The van der Waals surface area contributed by atoms with Crippen molar-refractivity contribution in [3.8, 4) is 0 Å². The summed E-state index contributed by atoms with van der Waals surface area (Å²) in [6.45, 7) is 3.26. The van der Waals surface area contributed by atoms with Crippen molar-refractivity contribution in [2.75, 3.05) is 13.2 Å². The number of hydrogen-bond donors (Lipinski definition) is 1. The van der Waals surface area contributed by atoms with E-state index in [9.17, 15) is 8.42 Å². The summed E-state index contributed by atoms with van der Waals surface area (Å²) >= 11 is 0. The van der Waals surface area contributed by atoms with Crippen LogP contribution in [-0.4, -0.2) is 26.2 Å². The second-order valence-corrected chi connectivity index (χ2v) is 5.48. The molecule has 2 rings (SSSR count). The van der Waals surface area contributed by atoms with Gasteiger partial charge in [-0.1, -0.05) is 6.07 Å². The second-order valence-electron chi connectivity index (χ2n) is 4.05. The molecule has 0 aliphatic carbocycles. The molecule has 5 heteroatoms. The Hall–Kier alpha value is -0.910. The van der Waals surface area contributed by atoms with Gasteiger partial charge in [0.25, 0.3) is 10.1 Å². The summed E-state index contributed by atoms with van der Waals surface area (Å²) in [4.78, 5) is -0.0417. The van der Waals surface area contributed by atoms with E-state index in [2.05, 4.69) is 0 Å². The van der Waals surface area contributed by atoms with Gasteiger partial charge in [-0.05, 0) is 36.6 Å². The molecule has 1 saturated heterocycles. The lowest BCUT2D eigenvalue weighted by Gasteiger charge is -2.12. The van der Waals surface area contributed by atoms with Crippen LogP contribution in [0.4, 0.5) is 0 Å². The van der Waals surface area contributed by atoms with Gasteiger partial charge in [0.1, 0.15) is 0 Å². The molecule has 0 spiro atoms. The predicted octanol–water partition coefficient (Wildman–Crippen LogP) is 1.75. The molecule has 0 radical (unpaired) electrons. The minimum atomic E-state index is -4.11. The largest absolute Gasteiger partial charge is 0.381 e. The van der Waals surface area contributed by atoms with Gasteiger partial charge in [0.05, 0.1) is 11.5 Å². The van der Waals surface area contributed by atoms with E-state index < -0.39 is 10.1 Å². The van der Waals surface area contributed by atoms with E-state index in [1.807, 2.05) is 6.92 Å². The molecule has 0 unspecified atom stereocenters. The Morgan fingerprint density at radius 3 is 2.75 bits per heavy atom. The maximum Gasteiger partial charge on any atom is 0.294 e. The summed E-state index contributed by atoms with van der Waals surface area (Å²) in [7, 11) is -4.11. The summed E-state index contributed by atoms with van der Waals surface area (Å²) < 4.78 is 36.3. The number of ether oxygens (including phenoxy) is 1. The van der Waals surface area contributed by atoms with Gasteiger partial charge in [-0.15, -0.1) is 0 Å². The maximum absolute atomic E-state index is 11.0. The summed E-state index contributed by atoms with van der Waals surface area (Å²) in [5.41, 5.74) is 1.98. The fourth-order valence-electron chi connectivity index (χ4n) is 2.00. The third kappa shape index (κ3) is 2.26. The fourth-order valence-corrected chi connectivity index (χ4v) is 2.51. The summed E-state index contributed by atoms with van der Waals surface area (Å²) in [5, 5.41) is 0. The van der Waals surface area contributed by atoms with E-state index in [-0.39, 0.29) is 10.8 Å². The Balaban J connectivity index is 2.44. The molecule has 16 heavy (non-hydrogen) atoms. The molecule has 0 bridgehead atoms. The topological polar surface area (TPSA) is 63.6 Å². The average molecular weight is 242 g/mol. The van der Waals surface area contributed by atoms with Crippen molar-refractivity contribution < 1.29 is 17.7 Å². The third-order valence-electron chi connectivity index (χ3n) is 2.92. The molecular weight excluding hydrogens is 228 g/mol. The van der Waals surface area contributed by atoms with Crippen LogP contribution in [0, 0.1) is 6.92 Å². The Labute approximate surface area is 95.0 Å². The van der Waals surface area contributed by atoms with Gasteiger partial charge in [-0.3, -0.25) is 4.55 Å².